The molecule has 0 aromatic carbocycles. The van der Waals surface area contributed by atoms with Crippen molar-refractivity contribution >= 4 is 22.0 Å². The minimum atomic E-state index is -3.62. The summed E-state index contributed by atoms with van der Waals surface area (Å²) in [4.78, 5) is 24.8. The van der Waals surface area contributed by atoms with Gasteiger partial charge in [0.05, 0.1) is 24.9 Å². The van der Waals surface area contributed by atoms with Gasteiger partial charge >= 0.3 is 5.97 Å². The molecule has 0 aromatic rings. The van der Waals surface area contributed by atoms with E-state index in [1.165, 1.54) is 0 Å². The van der Waals surface area contributed by atoms with Crippen LogP contribution in [-0.2, 0) is 28.6 Å². The van der Waals surface area contributed by atoms with Crippen molar-refractivity contribution in [2.24, 2.45) is 11.8 Å². The highest BCUT2D eigenvalue weighted by Crippen LogP contribution is 2.53. The summed E-state index contributed by atoms with van der Waals surface area (Å²) < 4.78 is 32.2. The largest absolute Gasteiger partial charge is 0.453 e. The summed E-state index contributed by atoms with van der Waals surface area (Å²) in [6.45, 7) is 1.41. The van der Waals surface area contributed by atoms with E-state index in [4.69, 9.17) is 8.92 Å². The first-order valence-corrected chi connectivity index (χ1v) is 10.2. The molecule has 0 saturated carbocycles. The Morgan fingerprint density at radius 1 is 1.48 bits per heavy atom. The van der Waals surface area contributed by atoms with Crippen LogP contribution in [0.15, 0.2) is 12.2 Å². The normalized spacial score (nSPS) is 38.5. The fourth-order valence-electron chi connectivity index (χ4n) is 4.20. The molecule has 5 unspecified atom stereocenters. The number of ether oxygens (including phenoxy) is 1. The van der Waals surface area contributed by atoms with Crippen LogP contribution in [0.1, 0.15) is 32.6 Å². The Morgan fingerprint density at radius 2 is 2.20 bits per heavy atom. The number of rotatable bonds is 6. The second-order valence-corrected chi connectivity index (χ2v) is 8.77. The van der Waals surface area contributed by atoms with Gasteiger partial charge in [-0.05, 0) is 32.6 Å². The second kappa shape index (κ2) is 6.07. The standard InChI is InChI=1S/C16H23NO7S/c1-15-11(8-9-23-25(2,21)22)13(19)17-16(15,14(20)24-15)12(18)10-6-4-3-5-7-10/h4,6,10-12,18H,3,5,7-9H2,1-2H3,(H,17,19). The third kappa shape index (κ3) is 2.78. The SMILES string of the molecule is CC12OC(=O)C1(C(O)C1C=CCCC1)NC(=O)C2CCOS(C)(=O)=O. The smallest absolute Gasteiger partial charge is 0.339 e. The van der Waals surface area contributed by atoms with E-state index in [9.17, 15) is 23.1 Å². The Kier molecular flexibility index (Phi) is 4.45. The highest BCUT2D eigenvalue weighted by molar-refractivity contribution is 7.85. The van der Waals surface area contributed by atoms with Crippen LogP contribution >= 0.6 is 0 Å². The Labute approximate surface area is 146 Å². The Balaban J connectivity index is 1.82. The summed E-state index contributed by atoms with van der Waals surface area (Å²) in [7, 11) is -3.62. The number of nitrogens with one attached hydrogen (secondary N) is 1. The number of hydrogen-bond donors (Lipinski definition) is 2. The van der Waals surface area contributed by atoms with E-state index in [0.29, 0.717) is 0 Å². The maximum absolute atomic E-state index is 12.5. The molecule has 1 aliphatic carbocycles. The molecule has 140 valence electrons. The molecule has 2 aliphatic heterocycles. The molecule has 0 radical (unpaired) electrons. The predicted molar refractivity (Wildman–Crippen MR) is 86.8 cm³/mol. The zero-order valence-electron chi connectivity index (χ0n) is 14.2. The molecule has 9 heteroatoms. The fourth-order valence-corrected chi connectivity index (χ4v) is 4.60. The van der Waals surface area contributed by atoms with E-state index in [0.717, 1.165) is 25.5 Å². The van der Waals surface area contributed by atoms with E-state index in [1.807, 2.05) is 12.2 Å². The lowest BCUT2D eigenvalue weighted by Gasteiger charge is -2.54. The van der Waals surface area contributed by atoms with Crippen LogP contribution in [-0.4, -0.2) is 55.5 Å². The molecule has 2 saturated heterocycles. The third-order valence-corrected chi connectivity index (χ3v) is 6.15. The number of carbonyl (C=O) groups excluding carboxylic acids is 2. The molecule has 5 atom stereocenters. The van der Waals surface area contributed by atoms with E-state index >= 15 is 0 Å². The van der Waals surface area contributed by atoms with Gasteiger partial charge in [-0.1, -0.05) is 12.2 Å². The number of carbonyl (C=O) groups is 2. The number of hydrogen-bond acceptors (Lipinski definition) is 7. The van der Waals surface area contributed by atoms with Gasteiger partial charge in [0.15, 0.2) is 5.60 Å². The highest BCUT2D eigenvalue weighted by Gasteiger charge is 2.79. The lowest BCUT2D eigenvalue weighted by Crippen LogP contribution is -2.80. The van der Waals surface area contributed by atoms with E-state index in [-0.39, 0.29) is 18.9 Å². The summed E-state index contributed by atoms with van der Waals surface area (Å²) in [5, 5.41) is 13.5. The Bertz CT molecular complexity index is 718. The molecule has 8 nitrogen and oxygen atoms in total. The second-order valence-electron chi connectivity index (χ2n) is 7.13. The van der Waals surface area contributed by atoms with Gasteiger partial charge in [-0.25, -0.2) is 4.79 Å². The summed E-state index contributed by atoms with van der Waals surface area (Å²) >= 11 is 0. The van der Waals surface area contributed by atoms with Crippen LogP contribution in [0.5, 0.6) is 0 Å². The number of amides is 1. The maximum Gasteiger partial charge on any atom is 0.339 e. The minimum absolute atomic E-state index is 0.0671. The van der Waals surface area contributed by atoms with Gasteiger partial charge in [-0.15, -0.1) is 0 Å². The van der Waals surface area contributed by atoms with Gasteiger partial charge < -0.3 is 15.2 Å². The van der Waals surface area contributed by atoms with Crippen molar-refractivity contribution in [2.45, 2.75) is 49.9 Å². The number of aliphatic hydroxyl groups excluding tert-OH is 1. The third-order valence-electron chi connectivity index (χ3n) is 5.56. The van der Waals surface area contributed by atoms with Gasteiger partial charge in [0.25, 0.3) is 10.1 Å². The summed E-state index contributed by atoms with van der Waals surface area (Å²) in [5.41, 5.74) is -2.72. The molecule has 3 rings (SSSR count). The van der Waals surface area contributed by atoms with Crippen LogP contribution in [0.2, 0.25) is 0 Å². The predicted octanol–water partition coefficient (Wildman–Crippen LogP) is -0.130. The maximum atomic E-state index is 12.5. The summed E-state index contributed by atoms with van der Waals surface area (Å²) in [6.07, 6.45) is 6.29. The van der Waals surface area contributed by atoms with Gasteiger partial charge in [0, 0.05) is 5.92 Å². The van der Waals surface area contributed by atoms with Crippen LogP contribution in [0, 0.1) is 11.8 Å². The summed E-state index contributed by atoms with van der Waals surface area (Å²) in [6, 6.07) is 0. The van der Waals surface area contributed by atoms with Gasteiger partial charge in [0.2, 0.25) is 11.4 Å². The van der Waals surface area contributed by atoms with Crippen molar-refractivity contribution in [3.8, 4) is 0 Å². The molecule has 2 fully saturated rings. The number of fused-ring (bicyclic) bond motifs is 1. The van der Waals surface area contributed by atoms with Crippen LogP contribution in [0.25, 0.3) is 0 Å². The average Bonchev–Trinajstić information content (AvgIpc) is 2.71. The first kappa shape index (κ1) is 18.3. The molecule has 0 spiro atoms. The van der Waals surface area contributed by atoms with Gasteiger partial charge in [0.1, 0.15) is 0 Å². The van der Waals surface area contributed by atoms with Gasteiger partial charge in [-0.3, -0.25) is 8.98 Å². The lowest BCUT2D eigenvalue weighted by atomic mass is 9.64. The quantitative estimate of drug-likeness (QED) is 0.378. The monoisotopic (exact) mass is 373 g/mol. The number of esters is 1. The van der Waals surface area contributed by atoms with Crippen molar-refractivity contribution in [3.05, 3.63) is 12.2 Å². The highest BCUT2D eigenvalue weighted by atomic mass is 32.2. The molecule has 25 heavy (non-hydrogen) atoms. The van der Waals surface area contributed by atoms with Gasteiger partial charge in [-0.2, -0.15) is 8.42 Å². The molecule has 2 heterocycles. The van der Waals surface area contributed by atoms with Crippen molar-refractivity contribution in [1.82, 2.24) is 5.32 Å². The van der Waals surface area contributed by atoms with E-state index in [1.54, 1.807) is 6.92 Å². The van der Waals surface area contributed by atoms with E-state index < -0.39 is 45.2 Å². The fraction of sp³-hybridized carbons (Fsp3) is 0.750. The zero-order chi connectivity index (χ0) is 18.5. The zero-order valence-corrected chi connectivity index (χ0v) is 15.0. The van der Waals surface area contributed by atoms with Crippen LogP contribution in [0.3, 0.4) is 0 Å². The molecule has 2 N–H and O–H groups in total. The average molecular weight is 373 g/mol. The van der Waals surface area contributed by atoms with Crippen molar-refractivity contribution < 1.29 is 32.0 Å². The molecule has 0 aromatic heterocycles. The van der Waals surface area contributed by atoms with Crippen LogP contribution < -0.4 is 5.32 Å². The first-order valence-electron chi connectivity index (χ1n) is 8.36. The van der Waals surface area contributed by atoms with Crippen molar-refractivity contribution in [1.29, 1.82) is 0 Å². The van der Waals surface area contributed by atoms with Crippen LogP contribution in [0.4, 0.5) is 0 Å². The Hall–Kier alpha value is -1.45. The Morgan fingerprint density at radius 3 is 2.76 bits per heavy atom. The number of allylic oxidation sites excluding steroid dienone is 1. The van der Waals surface area contributed by atoms with E-state index in [2.05, 4.69) is 5.32 Å². The molecular weight excluding hydrogens is 350 g/mol. The number of aliphatic hydroxyl groups is 1. The summed E-state index contributed by atoms with van der Waals surface area (Å²) in [5.74, 6) is -2.12. The first-order chi connectivity index (χ1) is 11.6. The molecular formula is C16H23NO7S. The lowest BCUT2D eigenvalue weighted by molar-refractivity contribution is -0.238. The van der Waals surface area contributed by atoms with Crippen molar-refractivity contribution in [3.63, 3.8) is 0 Å². The molecule has 3 aliphatic rings. The molecule has 0 bridgehead atoms. The minimum Gasteiger partial charge on any atom is -0.453 e. The van der Waals surface area contributed by atoms with Crippen molar-refractivity contribution in [2.75, 3.05) is 12.9 Å². The molecule has 1 amide bonds. The topological polar surface area (TPSA) is 119 Å².